The number of fused-ring (bicyclic) bond motifs is 1. The van der Waals surface area contributed by atoms with Gasteiger partial charge in [-0.05, 0) is 49.7 Å². The molecule has 5 nitrogen and oxygen atoms in total. The van der Waals surface area contributed by atoms with E-state index in [0.717, 1.165) is 5.56 Å². The molecular formula is C21H20N2O3S. The fourth-order valence-corrected chi connectivity index (χ4v) is 3.83. The highest BCUT2D eigenvalue weighted by atomic mass is 32.2. The van der Waals surface area contributed by atoms with Gasteiger partial charge in [0.1, 0.15) is 5.75 Å². The monoisotopic (exact) mass is 380 g/mol. The third-order valence-corrected chi connectivity index (χ3v) is 5.67. The largest absolute Gasteiger partial charge is 0.482 e. The Morgan fingerprint density at radius 1 is 1.30 bits per heavy atom. The molecular weight excluding hydrogens is 360 g/mol. The SMILES string of the molecule is CCN1C(=O)COc2ccc(C(=O)C(C)SCc3ccc(C#N)cc3)cc21. The smallest absolute Gasteiger partial charge is 0.265 e. The maximum absolute atomic E-state index is 12.8. The van der Waals surface area contributed by atoms with E-state index in [9.17, 15) is 9.59 Å². The predicted molar refractivity (Wildman–Crippen MR) is 106 cm³/mol. The van der Waals surface area contributed by atoms with Gasteiger partial charge in [0.2, 0.25) is 0 Å². The van der Waals surface area contributed by atoms with Gasteiger partial charge in [-0.15, -0.1) is 11.8 Å². The van der Waals surface area contributed by atoms with Gasteiger partial charge in [0.05, 0.1) is 22.6 Å². The zero-order chi connectivity index (χ0) is 19.4. The first-order valence-corrected chi connectivity index (χ1v) is 9.80. The van der Waals surface area contributed by atoms with E-state index in [0.29, 0.717) is 34.9 Å². The number of hydrogen-bond donors (Lipinski definition) is 0. The topological polar surface area (TPSA) is 70.4 Å². The van der Waals surface area contributed by atoms with Gasteiger partial charge in [-0.3, -0.25) is 9.59 Å². The normalized spacial score (nSPS) is 14.1. The van der Waals surface area contributed by atoms with Crippen molar-refractivity contribution < 1.29 is 14.3 Å². The fraction of sp³-hybridized carbons (Fsp3) is 0.286. The summed E-state index contributed by atoms with van der Waals surface area (Å²) in [6.45, 7) is 4.35. The molecule has 1 aliphatic rings. The first-order valence-electron chi connectivity index (χ1n) is 8.75. The minimum Gasteiger partial charge on any atom is -0.482 e. The van der Waals surface area contributed by atoms with Crippen LogP contribution in [0.1, 0.15) is 35.3 Å². The number of likely N-dealkylation sites (N-methyl/N-ethyl adjacent to an activating group) is 1. The van der Waals surface area contributed by atoms with Crippen molar-refractivity contribution in [2.24, 2.45) is 0 Å². The lowest BCUT2D eigenvalue weighted by molar-refractivity contribution is -0.121. The number of ether oxygens (including phenoxy) is 1. The number of thioether (sulfide) groups is 1. The number of nitrogens with zero attached hydrogens (tertiary/aromatic N) is 2. The molecule has 27 heavy (non-hydrogen) atoms. The summed E-state index contributed by atoms with van der Waals surface area (Å²) in [5.41, 5.74) is 2.92. The minimum atomic E-state index is -0.228. The molecule has 0 spiro atoms. The molecule has 0 radical (unpaired) electrons. The Labute approximate surface area is 162 Å². The third-order valence-electron chi connectivity index (χ3n) is 4.45. The number of rotatable bonds is 6. The zero-order valence-corrected chi connectivity index (χ0v) is 16.1. The van der Waals surface area contributed by atoms with Crippen LogP contribution in [0, 0.1) is 11.3 Å². The summed E-state index contributed by atoms with van der Waals surface area (Å²) in [7, 11) is 0. The molecule has 0 fully saturated rings. The van der Waals surface area contributed by atoms with Crippen LogP contribution < -0.4 is 9.64 Å². The van der Waals surface area contributed by atoms with E-state index in [1.807, 2.05) is 26.0 Å². The first-order chi connectivity index (χ1) is 13.0. The summed E-state index contributed by atoms with van der Waals surface area (Å²) in [5, 5.41) is 8.62. The Bertz CT molecular complexity index is 903. The molecule has 1 atom stereocenters. The molecule has 0 saturated carbocycles. The van der Waals surface area contributed by atoms with E-state index >= 15 is 0 Å². The lowest BCUT2D eigenvalue weighted by atomic mass is 10.1. The Morgan fingerprint density at radius 3 is 2.70 bits per heavy atom. The Kier molecular flexibility index (Phi) is 5.82. The van der Waals surface area contributed by atoms with E-state index < -0.39 is 0 Å². The van der Waals surface area contributed by atoms with Gasteiger partial charge in [-0.1, -0.05) is 12.1 Å². The molecule has 0 aromatic heterocycles. The van der Waals surface area contributed by atoms with E-state index in [1.165, 1.54) is 0 Å². The van der Waals surface area contributed by atoms with E-state index in [-0.39, 0.29) is 23.5 Å². The van der Waals surface area contributed by atoms with E-state index in [4.69, 9.17) is 10.00 Å². The van der Waals surface area contributed by atoms with Gasteiger partial charge >= 0.3 is 0 Å². The Morgan fingerprint density at radius 2 is 2.04 bits per heavy atom. The lowest BCUT2D eigenvalue weighted by Crippen LogP contribution is -2.38. The maximum atomic E-state index is 12.8. The molecule has 2 aromatic rings. The second-order valence-corrected chi connectivity index (χ2v) is 7.56. The average Bonchev–Trinajstić information content (AvgIpc) is 2.71. The van der Waals surface area contributed by atoms with Crippen LogP contribution in [-0.4, -0.2) is 30.1 Å². The van der Waals surface area contributed by atoms with Crippen LogP contribution in [0.5, 0.6) is 5.75 Å². The molecule has 138 valence electrons. The molecule has 0 bridgehead atoms. The van der Waals surface area contributed by atoms with Gasteiger partial charge in [0.25, 0.3) is 5.91 Å². The van der Waals surface area contributed by atoms with Gasteiger partial charge in [0, 0.05) is 17.9 Å². The van der Waals surface area contributed by atoms with Crippen LogP contribution in [0.15, 0.2) is 42.5 Å². The Balaban J connectivity index is 1.70. The van der Waals surface area contributed by atoms with Crippen LogP contribution in [0.4, 0.5) is 5.69 Å². The zero-order valence-electron chi connectivity index (χ0n) is 15.3. The number of amides is 1. The number of anilines is 1. The molecule has 1 amide bonds. The molecule has 6 heteroatoms. The van der Waals surface area contributed by atoms with Gasteiger partial charge < -0.3 is 9.64 Å². The second kappa shape index (κ2) is 8.28. The van der Waals surface area contributed by atoms with Crippen molar-refractivity contribution in [1.82, 2.24) is 0 Å². The summed E-state index contributed by atoms with van der Waals surface area (Å²) in [4.78, 5) is 26.5. The van der Waals surface area contributed by atoms with Gasteiger partial charge in [-0.25, -0.2) is 0 Å². The van der Waals surface area contributed by atoms with E-state index in [1.54, 1.807) is 47.0 Å². The van der Waals surface area contributed by atoms with Crippen molar-refractivity contribution in [2.75, 3.05) is 18.1 Å². The summed E-state index contributed by atoms with van der Waals surface area (Å²) < 4.78 is 5.46. The first kappa shape index (κ1) is 19.0. The molecule has 3 rings (SSSR count). The standard InChI is InChI=1S/C21H20N2O3S/c1-3-23-18-10-17(8-9-19(18)26-12-20(23)24)21(25)14(2)27-13-16-6-4-15(11-22)5-7-16/h4-10,14H,3,12-13H2,1-2H3. The predicted octanol–water partition coefficient (Wildman–Crippen LogP) is 3.81. The third kappa shape index (κ3) is 4.15. The highest BCUT2D eigenvalue weighted by Gasteiger charge is 2.26. The summed E-state index contributed by atoms with van der Waals surface area (Å²) in [5.74, 6) is 1.24. The molecule has 1 unspecified atom stereocenters. The number of hydrogen-bond acceptors (Lipinski definition) is 5. The van der Waals surface area contributed by atoms with Crippen LogP contribution in [0.2, 0.25) is 0 Å². The van der Waals surface area contributed by atoms with Crippen molar-refractivity contribution in [3.05, 3.63) is 59.2 Å². The highest BCUT2D eigenvalue weighted by Crippen LogP contribution is 2.34. The van der Waals surface area contributed by atoms with Crippen molar-refractivity contribution in [3.63, 3.8) is 0 Å². The number of carbonyl (C=O) groups is 2. The van der Waals surface area contributed by atoms with Crippen molar-refractivity contribution in [1.29, 1.82) is 5.26 Å². The molecule has 0 N–H and O–H groups in total. The molecule has 0 aliphatic carbocycles. The van der Waals surface area contributed by atoms with Gasteiger partial charge in [0.15, 0.2) is 12.4 Å². The number of carbonyl (C=O) groups excluding carboxylic acids is 2. The van der Waals surface area contributed by atoms with Crippen molar-refractivity contribution in [3.8, 4) is 11.8 Å². The number of ketones is 1. The van der Waals surface area contributed by atoms with Crippen LogP contribution in [0.25, 0.3) is 0 Å². The summed E-state index contributed by atoms with van der Waals surface area (Å²) in [6.07, 6.45) is 0. The summed E-state index contributed by atoms with van der Waals surface area (Å²) >= 11 is 1.55. The number of benzene rings is 2. The summed E-state index contributed by atoms with van der Waals surface area (Å²) in [6, 6.07) is 14.7. The number of nitriles is 1. The molecule has 1 aliphatic heterocycles. The molecule has 1 heterocycles. The Hall–Kier alpha value is -2.78. The van der Waals surface area contributed by atoms with Crippen LogP contribution >= 0.6 is 11.8 Å². The molecule has 0 saturated heterocycles. The van der Waals surface area contributed by atoms with Crippen molar-refractivity contribution in [2.45, 2.75) is 24.9 Å². The van der Waals surface area contributed by atoms with Crippen LogP contribution in [-0.2, 0) is 10.5 Å². The van der Waals surface area contributed by atoms with Crippen LogP contribution in [0.3, 0.4) is 0 Å². The number of Topliss-reactive ketones (excluding diaryl/α,β-unsaturated/α-hetero) is 1. The quantitative estimate of drug-likeness (QED) is 0.713. The average molecular weight is 380 g/mol. The maximum Gasteiger partial charge on any atom is 0.265 e. The van der Waals surface area contributed by atoms with Gasteiger partial charge in [-0.2, -0.15) is 5.26 Å². The fourth-order valence-electron chi connectivity index (χ4n) is 2.91. The van der Waals surface area contributed by atoms with Crippen molar-refractivity contribution >= 4 is 29.1 Å². The highest BCUT2D eigenvalue weighted by molar-refractivity contribution is 7.99. The minimum absolute atomic E-state index is 0.0190. The second-order valence-electron chi connectivity index (χ2n) is 6.24. The lowest BCUT2D eigenvalue weighted by Gasteiger charge is -2.28. The molecule has 2 aromatic carbocycles. The van der Waals surface area contributed by atoms with E-state index in [2.05, 4.69) is 6.07 Å².